The Bertz CT molecular complexity index is 788. The molecule has 0 aromatic heterocycles. The fourth-order valence-electron chi connectivity index (χ4n) is 5.97. The fraction of sp³-hybridized carbons (Fsp3) is 0.636. The SMILES string of the molecule is C[C@]12CC[C@@H](C[C@@H]1C(=O)N1CCCCC1)[C@@]1(C2)NC(=O)c2ccccc2O1. The third-order valence-corrected chi connectivity index (χ3v) is 7.47. The van der Waals surface area contributed by atoms with E-state index in [1.165, 1.54) is 6.42 Å². The zero-order valence-electron chi connectivity index (χ0n) is 16.0. The maximum Gasteiger partial charge on any atom is 0.258 e. The number of carbonyl (C=O) groups excluding carboxylic acids is 2. The minimum absolute atomic E-state index is 0.0492. The van der Waals surface area contributed by atoms with E-state index in [-0.39, 0.29) is 23.2 Å². The molecule has 2 amide bonds. The van der Waals surface area contributed by atoms with Crippen LogP contribution in [0.3, 0.4) is 0 Å². The highest BCUT2D eigenvalue weighted by molar-refractivity contribution is 5.98. The van der Waals surface area contributed by atoms with Gasteiger partial charge in [0, 0.05) is 31.3 Å². The summed E-state index contributed by atoms with van der Waals surface area (Å²) < 4.78 is 6.45. The van der Waals surface area contributed by atoms with E-state index in [0.29, 0.717) is 17.2 Å². The summed E-state index contributed by atoms with van der Waals surface area (Å²) in [6, 6.07) is 7.47. The number of piperidine rings is 1. The molecule has 2 heterocycles. The van der Waals surface area contributed by atoms with Crippen LogP contribution >= 0.6 is 0 Å². The molecule has 3 saturated carbocycles. The van der Waals surface area contributed by atoms with E-state index in [0.717, 1.165) is 51.6 Å². The first-order chi connectivity index (χ1) is 13.0. The molecule has 1 N–H and O–H groups in total. The third-order valence-electron chi connectivity index (χ3n) is 7.47. The number of nitrogens with one attached hydrogen (secondary N) is 1. The molecule has 5 heteroatoms. The van der Waals surface area contributed by atoms with Gasteiger partial charge < -0.3 is 15.0 Å². The highest BCUT2D eigenvalue weighted by Crippen LogP contribution is 2.59. The summed E-state index contributed by atoms with van der Waals surface area (Å²) in [6.07, 6.45) is 7.05. The van der Waals surface area contributed by atoms with Crippen LogP contribution in [-0.2, 0) is 4.79 Å². The smallest absolute Gasteiger partial charge is 0.258 e. The van der Waals surface area contributed by atoms with Crippen molar-refractivity contribution in [2.45, 2.75) is 57.6 Å². The van der Waals surface area contributed by atoms with Gasteiger partial charge in [-0.3, -0.25) is 9.59 Å². The van der Waals surface area contributed by atoms with Crippen molar-refractivity contribution in [1.82, 2.24) is 10.2 Å². The molecule has 5 nitrogen and oxygen atoms in total. The van der Waals surface area contributed by atoms with Crippen LogP contribution < -0.4 is 10.1 Å². The van der Waals surface area contributed by atoms with Gasteiger partial charge in [0.2, 0.25) is 5.91 Å². The summed E-state index contributed by atoms with van der Waals surface area (Å²) >= 11 is 0. The van der Waals surface area contributed by atoms with Gasteiger partial charge in [-0.05, 0) is 56.1 Å². The minimum atomic E-state index is -0.656. The summed E-state index contributed by atoms with van der Waals surface area (Å²) in [4.78, 5) is 28.1. The Balaban J connectivity index is 1.43. The Morgan fingerprint density at radius 3 is 2.78 bits per heavy atom. The van der Waals surface area contributed by atoms with E-state index in [1.54, 1.807) is 0 Å². The average Bonchev–Trinajstić information content (AvgIpc) is 2.68. The molecule has 3 aliphatic carbocycles. The van der Waals surface area contributed by atoms with Crippen molar-refractivity contribution in [3.05, 3.63) is 29.8 Å². The highest BCUT2D eigenvalue weighted by atomic mass is 16.5. The van der Waals surface area contributed by atoms with Crippen molar-refractivity contribution in [3.8, 4) is 5.75 Å². The lowest BCUT2D eigenvalue weighted by atomic mass is 9.52. The second-order valence-corrected chi connectivity index (χ2v) is 9.18. The topological polar surface area (TPSA) is 58.6 Å². The first-order valence-corrected chi connectivity index (χ1v) is 10.4. The van der Waals surface area contributed by atoms with E-state index >= 15 is 0 Å². The summed E-state index contributed by atoms with van der Waals surface area (Å²) in [5, 5.41) is 3.20. The van der Waals surface area contributed by atoms with E-state index in [4.69, 9.17) is 4.74 Å². The maximum atomic E-state index is 13.3. The summed E-state index contributed by atoms with van der Waals surface area (Å²) in [5.74, 6) is 1.20. The van der Waals surface area contributed by atoms with Crippen LogP contribution in [0, 0.1) is 17.3 Å². The lowest BCUT2D eigenvalue weighted by Crippen LogP contribution is -2.69. The van der Waals surface area contributed by atoms with Crippen molar-refractivity contribution < 1.29 is 14.3 Å². The summed E-state index contributed by atoms with van der Waals surface area (Å²) in [6.45, 7) is 4.04. The molecule has 6 rings (SSSR count). The molecule has 1 aromatic carbocycles. The number of likely N-dealkylation sites (tertiary alicyclic amines) is 1. The summed E-state index contributed by atoms with van der Waals surface area (Å²) in [5.41, 5.74) is -0.171. The van der Waals surface area contributed by atoms with E-state index < -0.39 is 5.72 Å². The van der Waals surface area contributed by atoms with Gasteiger partial charge in [-0.1, -0.05) is 19.1 Å². The molecule has 0 radical (unpaired) electrons. The molecule has 4 fully saturated rings. The number of nitrogens with zero attached hydrogens (tertiary/aromatic N) is 1. The quantitative estimate of drug-likeness (QED) is 0.827. The van der Waals surface area contributed by atoms with Crippen LogP contribution in [0.1, 0.15) is 62.2 Å². The van der Waals surface area contributed by atoms with Crippen molar-refractivity contribution in [3.63, 3.8) is 0 Å². The van der Waals surface area contributed by atoms with Crippen LogP contribution in [0.4, 0.5) is 0 Å². The zero-order chi connectivity index (χ0) is 18.6. The molecule has 2 aliphatic heterocycles. The summed E-state index contributed by atoms with van der Waals surface area (Å²) in [7, 11) is 0. The zero-order valence-corrected chi connectivity index (χ0v) is 16.0. The van der Waals surface area contributed by atoms with Crippen molar-refractivity contribution in [1.29, 1.82) is 0 Å². The first kappa shape index (κ1) is 17.1. The predicted molar refractivity (Wildman–Crippen MR) is 101 cm³/mol. The molecule has 5 aliphatic rings. The number of hydrogen-bond acceptors (Lipinski definition) is 3. The van der Waals surface area contributed by atoms with E-state index in [9.17, 15) is 9.59 Å². The first-order valence-electron chi connectivity index (χ1n) is 10.4. The average molecular weight is 368 g/mol. The molecule has 1 aromatic rings. The van der Waals surface area contributed by atoms with Gasteiger partial charge >= 0.3 is 0 Å². The Labute approximate surface area is 160 Å². The second-order valence-electron chi connectivity index (χ2n) is 9.18. The van der Waals surface area contributed by atoms with E-state index in [1.807, 2.05) is 24.3 Å². The van der Waals surface area contributed by atoms with Gasteiger partial charge in [0.1, 0.15) is 5.75 Å². The van der Waals surface area contributed by atoms with Gasteiger partial charge in [-0.25, -0.2) is 0 Å². The van der Waals surface area contributed by atoms with E-state index in [2.05, 4.69) is 17.1 Å². The van der Waals surface area contributed by atoms with Crippen LogP contribution in [0.5, 0.6) is 5.75 Å². The molecule has 144 valence electrons. The lowest BCUT2D eigenvalue weighted by Gasteiger charge is -2.60. The van der Waals surface area contributed by atoms with Gasteiger partial charge in [-0.15, -0.1) is 0 Å². The number of amides is 2. The number of rotatable bonds is 1. The molecule has 27 heavy (non-hydrogen) atoms. The Kier molecular flexibility index (Phi) is 3.78. The Hall–Kier alpha value is -2.04. The maximum absolute atomic E-state index is 13.3. The number of hydrogen-bond donors (Lipinski definition) is 1. The van der Waals surface area contributed by atoms with Crippen LogP contribution in [0.15, 0.2) is 24.3 Å². The van der Waals surface area contributed by atoms with Crippen LogP contribution in [-0.4, -0.2) is 35.5 Å². The Morgan fingerprint density at radius 2 is 2.00 bits per heavy atom. The standard InChI is InChI=1S/C22H28N2O3/c1-21-10-9-15(13-17(21)20(26)24-11-5-2-6-12-24)22(14-21)23-19(25)16-7-3-4-8-18(16)27-22/h3-4,7-8,15,17H,2,5-6,9-14H2,1H3,(H,23,25)/t15-,17+,21+,22-/m0/s1. The predicted octanol–water partition coefficient (Wildman–Crippen LogP) is 3.34. The van der Waals surface area contributed by atoms with Gasteiger partial charge in [0.25, 0.3) is 5.91 Å². The molecule has 2 bridgehead atoms. The van der Waals surface area contributed by atoms with Gasteiger partial charge in [0.05, 0.1) is 5.56 Å². The number of carbonyl (C=O) groups is 2. The highest BCUT2D eigenvalue weighted by Gasteiger charge is 2.62. The monoisotopic (exact) mass is 368 g/mol. The largest absolute Gasteiger partial charge is 0.467 e. The third kappa shape index (κ3) is 2.58. The second kappa shape index (κ2) is 5.98. The number of para-hydroxylation sites is 1. The Morgan fingerprint density at radius 1 is 1.22 bits per heavy atom. The van der Waals surface area contributed by atoms with Crippen molar-refractivity contribution in [2.24, 2.45) is 17.3 Å². The minimum Gasteiger partial charge on any atom is -0.467 e. The molecule has 1 spiro atoms. The molecular weight excluding hydrogens is 340 g/mol. The molecule has 0 unspecified atom stereocenters. The number of ether oxygens (including phenoxy) is 1. The lowest BCUT2D eigenvalue weighted by molar-refractivity contribution is -0.174. The molecule has 4 atom stereocenters. The normalized spacial score (nSPS) is 37.5. The fourth-order valence-corrected chi connectivity index (χ4v) is 5.97. The van der Waals surface area contributed by atoms with Crippen LogP contribution in [0.25, 0.3) is 0 Å². The number of fused-ring (bicyclic) bond motifs is 3. The van der Waals surface area contributed by atoms with Crippen molar-refractivity contribution in [2.75, 3.05) is 13.1 Å². The van der Waals surface area contributed by atoms with Crippen molar-refractivity contribution >= 4 is 11.8 Å². The van der Waals surface area contributed by atoms with Gasteiger partial charge in [0.15, 0.2) is 5.72 Å². The van der Waals surface area contributed by atoms with Crippen LogP contribution in [0.2, 0.25) is 0 Å². The molecule has 1 saturated heterocycles. The molecular formula is C22H28N2O3. The van der Waals surface area contributed by atoms with Gasteiger partial charge in [-0.2, -0.15) is 0 Å². The number of benzene rings is 1.